The van der Waals surface area contributed by atoms with Crippen LogP contribution >= 0.6 is 0 Å². The molecule has 120 valence electrons. The summed E-state index contributed by atoms with van der Waals surface area (Å²) in [4.78, 5) is 26.0. The first-order valence-corrected chi connectivity index (χ1v) is 9.50. The van der Waals surface area contributed by atoms with Crippen molar-refractivity contribution in [3.8, 4) is 0 Å². The lowest BCUT2D eigenvalue weighted by atomic mass is 10.2. The van der Waals surface area contributed by atoms with Gasteiger partial charge >= 0.3 is 0 Å². The predicted molar refractivity (Wildman–Crippen MR) is 79.3 cm³/mol. The second-order valence-electron chi connectivity index (χ2n) is 5.92. The molecule has 21 heavy (non-hydrogen) atoms. The first-order chi connectivity index (χ1) is 9.89. The first-order valence-electron chi connectivity index (χ1n) is 7.68. The van der Waals surface area contributed by atoms with E-state index in [2.05, 4.69) is 5.32 Å². The van der Waals surface area contributed by atoms with Gasteiger partial charge in [0.05, 0.1) is 23.3 Å². The highest BCUT2D eigenvalue weighted by atomic mass is 32.2. The summed E-state index contributed by atoms with van der Waals surface area (Å²) in [6, 6.07) is -0.215. The molecule has 3 unspecified atom stereocenters. The molecule has 1 N–H and O–H groups in total. The van der Waals surface area contributed by atoms with Crippen molar-refractivity contribution in [1.82, 2.24) is 10.2 Å². The van der Waals surface area contributed by atoms with Gasteiger partial charge in [0.15, 0.2) is 9.84 Å². The third-order valence-corrected chi connectivity index (χ3v) is 6.02. The van der Waals surface area contributed by atoms with Crippen molar-refractivity contribution in [2.45, 2.75) is 39.2 Å². The van der Waals surface area contributed by atoms with Crippen LogP contribution in [0.1, 0.15) is 33.1 Å². The van der Waals surface area contributed by atoms with Crippen LogP contribution in [-0.4, -0.2) is 55.8 Å². The fourth-order valence-electron chi connectivity index (χ4n) is 2.97. The van der Waals surface area contributed by atoms with Crippen molar-refractivity contribution in [2.75, 3.05) is 24.6 Å². The molecule has 0 aromatic heterocycles. The molecule has 6 nitrogen and oxygen atoms in total. The summed E-state index contributed by atoms with van der Waals surface area (Å²) in [5, 5.41) is 2.81. The summed E-state index contributed by atoms with van der Waals surface area (Å²) in [5.74, 6) is -0.374. The van der Waals surface area contributed by atoms with Gasteiger partial charge in [0.25, 0.3) is 0 Å². The monoisotopic (exact) mass is 316 g/mol. The van der Waals surface area contributed by atoms with Gasteiger partial charge in [-0.2, -0.15) is 0 Å². The molecule has 0 aromatic carbocycles. The topological polar surface area (TPSA) is 83.6 Å². The van der Waals surface area contributed by atoms with Crippen LogP contribution in [0.15, 0.2) is 0 Å². The number of hydrogen-bond donors (Lipinski definition) is 1. The van der Waals surface area contributed by atoms with Crippen molar-refractivity contribution in [3.63, 3.8) is 0 Å². The third-order valence-electron chi connectivity index (χ3n) is 4.27. The lowest BCUT2D eigenvalue weighted by molar-refractivity contribution is -0.136. The zero-order valence-electron chi connectivity index (χ0n) is 12.7. The van der Waals surface area contributed by atoms with Gasteiger partial charge < -0.3 is 10.2 Å². The maximum Gasteiger partial charge on any atom is 0.226 e. The Balaban J connectivity index is 1.92. The molecular weight excluding hydrogens is 292 g/mol. The van der Waals surface area contributed by atoms with Crippen LogP contribution < -0.4 is 5.32 Å². The van der Waals surface area contributed by atoms with Gasteiger partial charge in [-0.1, -0.05) is 6.92 Å². The molecule has 2 rings (SSSR count). The van der Waals surface area contributed by atoms with Crippen molar-refractivity contribution in [2.24, 2.45) is 11.8 Å². The Morgan fingerprint density at radius 1 is 1.24 bits per heavy atom. The van der Waals surface area contributed by atoms with E-state index in [9.17, 15) is 18.0 Å². The van der Waals surface area contributed by atoms with Crippen molar-refractivity contribution >= 4 is 21.7 Å². The Kier molecular flexibility index (Phi) is 4.91. The highest BCUT2D eigenvalue weighted by molar-refractivity contribution is 7.91. The number of hydrogen-bond acceptors (Lipinski definition) is 4. The van der Waals surface area contributed by atoms with Crippen LogP contribution in [0, 0.1) is 11.8 Å². The maximum atomic E-state index is 12.5. The largest absolute Gasteiger partial charge is 0.356 e. The first kappa shape index (κ1) is 16.3. The SMILES string of the molecule is CCCNC(=O)C1CC1C(=O)N(CC)C1CCS(=O)(=O)C1. The van der Waals surface area contributed by atoms with Crippen LogP contribution in [0.4, 0.5) is 0 Å². The zero-order valence-corrected chi connectivity index (χ0v) is 13.5. The van der Waals surface area contributed by atoms with Crippen LogP contribution in [0.25, 0.3) is 0 Å². The van der Waals surface area contributed by atoms with E-state index in [1.165, 1.54) is 0 Å². The van der Waals surface area contributed by atoms with Gasteiger partial charge in [0, 0.05) is 19.1 Å². The Labute approximate surface area is 126 Å². The average molecular weight is 316 g/mol. The Bertz CT molecular complexity index is 517. The molecule has 0 radical (unpaired) electrons. The van der Waals surface area contributed by atoms with E-state index < -0.39 is 9.84 Å². The lowest BCUT2D eigenvalue weighted by Crippen LogP contribution is -2.42. The standard InChI is InChI=1S/C14H24N2O4S/c1-3-6-15-13(17)11-8-12(11)14(18)16(4-2)10-5-7-21(19,20)9-10/h10-12H,3-9H2,1-2H3,(H,15,17). The van der Waals surface area contributed by atoms with Gasteiger partial charge in [0.1, 0.15) is 0 Å². The van der Waals surface area contributed by atoms with Gasteiger partial charge in [-0.15, -0.1) is 0 Å². The molecule has 7 heteroatoms. The van der Waals surface area contributed by atoms with E-state index in [1.807, 2.05) is 13.8 Å². The highest BCUT2D eigenvalue weighted by Crippen LogP contribution is 2.41. The number of sulfone groups is 1. The molecule has 1 heterocycles. The van der Waals surface area contributed by atoms with Gasteiger partial charge in [-0.3, -0.25) is 9.59 Å². The summed E-state index contributed by atoms with van der Waals surface area (Å²) in [6.45, 7) is 4.97. The molecular formula is C14H24N2O4S. The zero-order chi connectivity index (χ0) is 15.6. The van der Waals surface area contributed by atoms with Crippen LogP contribution in [0.5, 0.6) is 0 Å². The Morgan fingerprint density at radius 3 is 2.48 bits per heavy atom. The highest BCUT2D eigenvalue weighted by Gasteiger charge is 2.50. The smallest absolute Gasteiger partial charge is 0.226 e. The molecule has 1 saturated heterocycles. The molecule has 2 aliphatic rings. The van der Waals surface area contributed by atoms with E-state index in [0.29, 0.717) is 25.9 Å². The predicted octanol–water partition coefficient (Wildman–Crippen LogP) is 0.184. The Morgan fingerprint density at radius 2 is 1.95 bits per heavy atom. The van der Waals surface area contributed by atoms with Crippen LogP contribution in [0.3, 0.4) is 0 Å². The molecule has 3 atom stereocenters. The van der Waals surface area contributed by atoms with Crippen LogP contribution in [-0.2, 0) is 19.4 Å². The molecule has 1 aliphatic heterocycles. The maximum absolute atomic E-state index is 12.5. The molecule has 0 aromatic rings. The summed E-state index contributed by atoms with van der Waals surface area (Å²) < 4.78 is 23.1. The van der Waals surface area contributed by atoms with Crippen LogP contribution in [0.2, 0.25) is 0 Å². The fourth-order valence-corrected chi connectivity index (χ4v) is 4.70. The molecule has 0 bridgehead atoms. The van der Waals surface area contributed by atoms with E-state index in [-0.39, 0.29) is 41.2 Å². The molecule has 1 aliphatic carbocycles. The quantitative estimate of drug-likeness (QED) is 0.758. The fraction of sp³-hybridized carbons (Fsp3) is 0.857. The summed E-state index contributed by atoms with van der Waals surface area (Å²) in [7, 11) is -3.00. The van der Waals surface area contributed by atoms with Gasteiger partial charge in [0.2, 0.25) is 11.8 Å². The normalized spacial score (nSPS) is 29.9. The number of amides is 2. The van der Waals surface area contributed by atoms with E-state index in [1.54, 1.807) is 4.90 Å². The minimum Gasteiger partial charge on any atom is -0.356 e. The van der Waals surface area contributed by atoms with Gasteiger partial charge in [-0.25, -0.2) is 8.42 Å². The number of nitrogens with zero attached hydrogens (tertiary/aromatic N) is 1. The number of nitrogens with one attached hydrogen (secondary N) is 1. The van der Waals surface area contributed by atoms with E-state index in [4.69, 9.17) is 0 Å². The van der Waals surface area contributed by atoms with Crippen molar-refractivity contribution in [1.29, 1.82) is 0 Å². The Hall–Kier alpha value is -1.11. The molecule has 1 saturated carbocycles. The summed E-state index contributed by atoms with van der Waals surface area (Å²) >= 11 is 0. The van der Waals surface area contributed by atoms with E-state index in [0.717, 1.165) is 6.42 Å². The number of carbonyl (C=O) groups excluding carboxylic acids is 2. The van der Waals surface area contributed by atoms with Crippen molar-refractivity contribution in [3.05, 3.63) is 0 Å². The van der Waals surface area contributed by atoms with E-state index >= 15 is 0 Å². The second kappa shape index (κ2) is 6.34. The number of carbonyl (C=O) groups is 2. The second-order valence-corrected chi connectivity index (χ2v) is 8.15. The molecule has 2 fully saturated rings. The summed E-state index contributed by atoms with van der Waals surface area (Å²) in [5.41, 5.74) is 0. The van der Waals surface area contributed by atoms with Crippen molar-refractivity contribution < 1.29 is 18.0 Å². The van der Waals surface area contributed by atoms with Gasteiger partial charge in [-0.05, 0) is 26.2 Å². The molecule has 0 spiro atoms. The summed E-state index contributed by atoms with van der Waals surface area (Å²) in [6.07, 6.45) is 1.98. The minimum atomic E-state index is -3.00. The minimum absolute atomic E-state index is 0.0507. The number of rotatable bonds is 6. The molecule has 2 amide bonds. The third kappa shape index (κ3) is 3.75. The lowest BCUT2D eigenvalue weighted by Gasteiger charge is -2.27. The average Bonchev–Trinajstić information content (AvgIpc) is 3.16.